The molecule has 4 bridgehead atoms. The number of aliphatic hydroxyl groups excluding tert-OH is 1. The second-order valence-corrected chi connectivity index (χ2v) is 4.48. The average molecular weight is 138 g/mol. The Labute approximate surface area is 61.4 Å². The van der Waals surface area contributed by atoms with Crippen LogP contribution in [0.15, 0.2) is 0 Å². The summed E-state index contributed by atoms with van der Waals surface area (Å²) in [7, 11) is 0. The lowest BCUT2D eigenvalue weighted by Crippen LogP contribution is -2.27. The molecule has 0 spiro atoms. The molecule has 1 nitrogen and oxygen atoms in total. The summed E-state index contributed by atoms with van der Waals surface area (Å²) in [5.74, 6) is 3.38. The van der Waals surface area contributed by atoms with E-state index < -0.39 is 0 Å². The second kappa shape index (κ2) is 1.58. The van der Waals surface area contributed by atoms with Gasteiger partial charge in [0, 0.05) is 0 Å². The van der Waals surface area contributed by atoms with Gasteiger partial charge in [-0.1, -0.05) is 0 Å². The molecule has 4 aliphatic rings. The van der Waals surface area contributed by atoms with Crippen molar-refractivity contribution in [1.29, 1.82) is 0 Å². The van der Waals surface area contributed by atoms with E-state index >= 15 is 0 Å². The first kappa shape index (κ1) is 5.59. The van der Waals surface area contributed by atoms with Gasteiger partial charge < -0.3 is 5.11 Å². The average Bonchev–Trinajstić information content (AvgIpc) is 2.31. The molecule has 2 unspecified atom stereocenters. The lowest BCUT2D eigenvalue weighted by molar-refractivity contribution is 0.0530. The molecule has 5 atom stereocenters. The molecule has 56 valence electrons. The molecule has 4 rings (SSSR count). The highest BCUT2D eigenvalue weighted by Crippen LogP contribution is 2.57. The van der Waals surface area contributed by atoms with E-state index in [2.05, 4.69) is 0 Å². The molecule has 0 radical (unpaired) electrons. The van der Waals surface area contributed by atoms with E-state index in [0.717, 1.165) is 17.8 Å². The normalized spacial score (nSPS) is 63.9. The third kappa shape index (κ3) is 0.493. The first-order valence-electron chi connectivity index (χ1n) is 4.52. The summed E-state index contributed by atoms with van der Waals surface area (Å²) in [6.45, 7) is 0. The third-order valence-electron chi connectivity index (χ3n) is 4.01. The van der Waals surface area contributed by atoms with Crippen LogP contribution in [-0.4, -0.2) is 11.2 Å². The minimum Gasteiger partial charge on any atom is -0.393 e. The van der Waals surface area contributed by atoms with E-state index in [9.17, 15) is 5.11 Å². The van der Waals surface area contributed by atoms with Crippen LogP contribution in [0.1, 0.15) is 25.7 Å². The SMILES string of the molecule is O[C@@H]1C2C[C@H]3CC2C[C@H]1C3. The van der Waals surface area contributed by atoms with Crippen molar-refractivity contribution in [3.63, 3.8) is 0 Å². The van der Waals surface area contributed by atoms with Crippen molar-refractivity contribution in [3.05, 3.63) is 0 Å². The largest absolute Gasteiger partial charge is 0.393 e. The van der Waals surface area contributed by atoms with Crippen LogP contribution in [0.5, 0.6) is 0 Å². The van der Waals surface area contributed by atoms with Gasteiger partial charge in [-0.25, -0.2) is 0 Å². The topological polar surface area (TPSA) is 20.2 Å². The Morgan fingerprint density at radius 3 is 2.40 bits per heavy atom. The van der Waals surface area contributed by atoms with E-state index in [-0.39, 0.29) is 6.10 Å². The Morgan fingerprint density at radius 1 is 0.900 bits per heavy atom. The Hall–Kier alpha value is -0.0400. The maximum absolute atomic E-state index is 9.71. The molecular weight excluding hydrogens is 124 g/mol. The molecule has 10 heavy (non-hydrogen) atoms. The molecule has 0 saturated heterocycles. The van der Waals surface area contributed by atoms with Gasteiger partial charge in [-0.05, 0) is 49.4 Å². The van der Waals surface area contributed by atoms with Gasteiger partial charge in [0.15, 0.2) is 0 Å². The van der Waals surface area contributed by atoms with Crippen LogP contribution >= 0.6 is 0 Å². The molecule has 4 saturated carbocycles. The molecular formula is C9H14O. The first-order valence-corrected chi connectivity index (χ1v) is 4.52. The maximum Gasteiger partial charge on any atom is 0.0599 e. The van der Waals surface area contributed by atoms with E-state index in [0.29, 0.717) is 5.92 Å². The highest BCUT2D eigenvalue weighted by atomic mass is 16.3. The van der Waals surface area contributed by atoms with Crippen molar-refractivity contribution in [2.24, 2.45) is 23.7 Å². The predicted molar refractivity (Wildman–Crippen MR) is 38.4 cm³/mol. The predicted octanol–water partition coefficient (Wildman–Crippen LogP) is 1.41. The van der Waals surface area contributed by atoms with Gasteiger partial charge in [-0.15, -0.1) is 0 Å². The zero-order valence-corrected chi connectivity index (χ0v) is 6.16. The Balaban J connectivity index is 1.99. The fourth-order valence-corrected chi connectivity index (χ4v) is 3.70. The van der Waals surface area contributed by atoms with Crippen LogP contribution in [0, 0.1) is 23.7 Å². The van der Waals surface area contributed by atoms with Gasteiger partial charge in [0.05, 0.1) is 6.10 Å². The van der Waals surface area contributed by atoms with Crippen molar-refractivity contribution in [2.45, 2.75) is 31.8 Å². The molecule has 0 aromatic rings. The monoisotopic (exact) mass is 138 g/mol. The lowest BCUT2D eigenvalue weighted by atomic mass is 9.81. The van der Waals surface area contributed by atoms with Gasteiger partial charge in [0.2, 0.25) is 0 Å². The molecule has 0 amide bonds. The van der Waals surface area contributed by atoms with Crippen molar-refractivity contribution in [1.82, 2.24) is 0 Å². The van der Waals surface area contributed by atoms with Crippen LogP contribution in [0.25, 0.3) is 0 Å². The zero-order chi connectivity index (χ0) is 6.72. The third-order valence-corrected chi connectivity index (χ3v) is 4.01. The Bertz CT molecular complexity index is 160. The van der Waals surface area contributed by atoms with Crippen LogP contribution in [0.4, 0.5) is 0 Å². The molecule has 4 aliphatic carbocycles. The molecule has 1 N–H and O–H groups in total. The fraction of sp³-hybridized carbons (Fsp3) is 1.00. The highest BCUT2D eigenvalue weighted by Gasteiger charge is 2.52. The Morgan fingerprint density at radius 2 is 1.70 bits per heavy atom. The van der Waals surface area contributed by atoms with E-state index in [1.807, 2.05) is 0 Å². The van der Waals surface area contributed by atoms with Gasteiger partial charge in [0.25, 0.3) is 0 Å². The number of hydrogen-bond acceptors (Lipinski definition) is 1. The summed E-state index contributed by atoms with van der Waals surface area (Å²) in [4.78, 5) is 0. The van der Waals surface area contributed by atoms with Gasteiger partial charge in [0.1, 0.15) is 0 Å². The summed E-state index contributed by atoms with van der Waals surface area (Å²) in [5, 5.41) is 9.71. The number of hydrogen-bond donors (Lipinski definition) is 1. The summed E-state index contributed by atoms with van der Waals surface area (Å²) < 4.78 is 0. The zero-order valence-electron chi connectivity index (χ0n) is 6.16. The number of aliphatic hydroxyl groups is 1. The molecule has 0 aromatic heterocycles. The minimum atomic E-state index is 0.101. The summed E-state index contributed by atoms with van der Waals surface area (Å²) >= 11 is 0. The smallest absolute Gasteiger partial charge is 0.0599 e. The summed E-state index contributed by atoms with van der Waals surface area (Å²) in [5.41, 5.74) is 0. The van der Waals surface area contributed by atoms with Crippen molar-refractivity contribution in [3.8, 4) is 0 Å². The van der Waals surface area contributed by atoms with Crippen LogP contribution < -0.4 is 0 Å². The van der Waals surface area contributed by atoms with Crippen molar-refractivity contribution < 1.29 is 5.11 Å². The van der Waals surface area contributed by atoms with Crippen molar-refractivity contribution in [2.75, 3.05) is 0 Å². The van der Waals surface area contributed by atoms with Crippen LogP contribution in [0.3, 0.4) is 0 Å². The quantitative estimate of drug-likeness (QED) is 0.536. The standard InChI is InChI=1S/C9H14O/c10-9-7-2-5-1-6(4-7)8(9)3-5/h5-10H,1-4H2/t5-,6?,7+,8?,9-/m0/s1. The molecule has 0 aromatic carbocycles. The summed E-state index contributed by atoms with van der Waals surface area (Å²) in [6, 6.07) is 0. The molecule has 0 heterocycles. The molecule has 1 heteroatoms. The first-order chi connectivity index (χ1) is 4.84. The summed E-state index contributed by atoms with van der Waals surface area (Å²) in [6.07, 6.45) is 5.58. The second-order valence-electron chi connectivity index (χ2n) is 4.48. The van der Waals surface area contributed by atoms with Gasteiger partial charge >= 0.3 is 0 Å². The van der Waals surface area contributed by atoms with Gasteiger partial charge in [-0.3, -0.25) is 0 Å². The van der Waals surface area contributed by atoms with E-state index in [4.69, 9.17) is 0 Å². The number of rotatable bonds is 0. The molecule has 0 aliphatic heterocycles. The highest BCUT2D eigenvalue weighted by molar-refractivity contribution is 5.03. The fourth-order valence-electron chi connectivity index (χ4n) is 3.70. The van der Waals surface area contributed by atoms with Crippen LogP contribution in [-0.2, 0) is 0 Å². The Kier molecular flexibility index (Phi) is 0.883. The maximum atomic E-state index is 9.71. The van der Waals surface area contributed by atoms with E-state index in [1.165, 1.54) is 25.7 Å². The van der Waals surface area contributed by atoms with Crippen LogP contribution in [0.2, 0.25) is 0 Å². The van der Waals surface area contributed by atoms with Crippen molar-refractivity contribution >= 4 is 0 Å². The van der Waals surface area contributed by atoms with E-state index in [1.54, 1.807) is 0 Å². The van der Waals surface area contributed by atoms with Gasteiger partial charge in [-0.2, -0.15) is 0 Å². The lowest BCUT2D eigenvalue weighted by Gasteiger charge is -2.28. The minimum absolute atomic E-state index is 0.101. The molecule has 4 fully saturated rings.